The average Bonchev–Trinajstić information content (AvgIpc) is 2.19. The van der Waals surface area contributed by atoms with E-state index in [0.717, 1.165) is 13.1 Å². The molecule has 0 unspecified atom stereocenters. The minimum Gasteiger partial charge on any atom is -0.545 e. The van der Waals surface area contributed by atoms with Crippen LogP contribution < -0.4 is 15.7 Å². The van der Waals surface area contributed by atoms with Gasteiger partial charge in [-0.3, -0.25) is 0 Å². The largest absolute Gasteiger partial charge is 0.545 e. The normalized spacial score (nSPS) is 10.0. The van der Waals surface area contributed by atoms with E-state index in [1.165, 1.54) is 6.07 Å². The summed E-state index contributed by atoms with van der Waals surface area (Å²) in [5.41, 5.74) is 7.01. The van der Waals surface area contributed by atoms with Crippen molar-refractivity contribution in [3.63, 3.8) is 0 Å². The second-order valence-electron chi connectivity index (χ2n) is 3.24. The molecule has 0 radical (unpaired) electrons. The van der Waals surface area contributed by atoms with Crippen molar-refractivity contribution in [2.75, 3.05) is 23.7 Å². The Morgan fingerprint density at radius 2 is 2.00 bits per heavy atom. The first-order chi connectivity index (χ1) is 7.10. The maximum absolute atomic E-state index is 10.9. The summed E-state index contributed by atoms with van der Waals surface area (Å²) in [5.74, 6) is -1.17. The molecular formula is C11H15N2O2-. The van der Waals surface area contributed by atoms with Gasteiger partial charge in [0.05, 0.1) is 5.97 Å². The van der Waals surface area contributed by atoms with Crippen molar-refractivity contribution in [3.05, 3.63) is 23.8 Å². The van der Waals surface area contributed by atoms with Gasteiger partial charge in [-0.1, -0.05) is 0 Å². The number of nitrogens with zero attached hydrogens (tertiary/aromatic N) is 1. The van der Waals surface area contributed by atoms with Gasteiger partial charge in [-0.25, -0.2) is 0 Å². The molecule has 0 saturated carbocycles. The highest BCUT2D eigenvalue weighted by Crippen LogP contribution is 2.22. The molecule has 1 aromatic rings. The Kier molecular flexibility index (Phi) is 3.55. The predicted molar refractivity (Wildman–Crippen MR) is 58.7 cm³/mol. The predicted octanol–water partition coefficient (Wildman–Crippen LogP) is 0.479. The van der Waals surface area contributed by atoms with Gasteiger partial charge in [-0.2, -0.15) is 0 Å². The van der Waals surface area contributed by atoms with Crippen LogP contribution in [0.5, 0.6) is 0 Å². The summed E-state index contributed by atoms with van der Waals surface area (Å²) in [6, 6.07) is 4.72. The van der Waals surface area contributed by atoms with Crippen LogP contribution in [-0.4, -0.2) is 19.1 Å². The minimum absolute atomic E-state index is 0.188. The third-order valence-corrected chi connectivity index (χ3v) is 2.35. The van der Waals surface area contributed by atoms with E-state index in [2.05, 4.69) is 0 Å². The Morgan fingerprint density at radius 1 is 1.40 bits per heavy atom. The number of hydrogen-bond donors (Lipinski definition) is 1. The monoisotopic (exact) mass is 207 g/mol. The lowest BCUT2D eigenvalue weighted by Gasteiger charge is -2.24. The Balaban J connectivity index is 3.22. The number of benzene rings is 1. The van der Waals surface area contributed by atoms with Crippen LogP contribution in [0.3, 0.4) is 0 Å². The van der Waals surface area contributed by atoms with Crippen LogP contribution in [-0.2, 0) is 0 Å². The van der Waals surface area contributed by atoms with Gasteiger partial charge in [0.25, 0.3) is 0 Å². The van der Waals surface area contributed by atoms with Crippen molar-refractivity contribution in [2.45, 2.75) is 13.8 Å². The number of carbonyl (C=O) groups is 1. The molecule has 1 rings (SSSR count). The molecule has 0 aliphatic carbocycles. The topological polar surface area (TPSA) is 69.4 Å². The Hall–Kier alpha value is -1.71. The summed E-state index contributed by atoms with van der Waals surface area (Å²) < 4.78 is 0. The summed E-state index contributed by atoms with van der Waals surface area (Å²) in [6.07, 6.45) is 0. The number of anilines is 2. The second-order valence-corrected chi connectivity index (χ2v) is 3.24. The molecule has 0 heterocycles. The van der Waals surface area contributed by atoms with Crippen molar-refractivity contribution >= 4 is 17.3 Å². The summed E-state index contributed by atoms with van der Waals surface area (Å²) in [7, 11) is 0. The molecular weight excluding hydrogens is 192 g/mol. The van der Waals surface area contributed by atoms with Crippen molar-refractivity contribution in [1.82, 2.24) is 0 Å². The van der Waals surface area contributed by atoms with E-state index in [-0.39, 0.29) is 5.56 Å². The van der Waals surface area contributed by atoms with Crippen molar-refractivity contribution < 1.29 is 9.90 Å². The molecule has 0 bridgehead atoms. The first-order valence-corrected chi connectivity index (χ1v) is 4.96. The average molecular weight is 207 g/mol. The molecule has 0 spiro atoms. The van der Waals surface area contributed by atoms with Crippen molar-refractivity contribution in [1.29, 1.82) is 0 Å². The first-order valence-electron chi connectivity index (χ1n) is 4.96. The molecule has 0 amide bonds. The Labute approximate surface area is 89.3 Å². The molecule has 0 aliphatic heterocycles. The zero-order chi connectivity index (χ0) is 11.4. The standard InChI is InChI=1S/C11H16N2O2/c1-3-13(4-2)10-7-8(12)5-6-9(10)11(14)15/h5-7H,3-4,12H2,1-2H3,(H,14,15)/p-1. The number of rotatable bonds is 4. The Morgan fingerprint density at radius 3 is 2.47 bits per heavy atom. The van der Waals surface area contributed by atoms with Crippen LogP contribution in [0.15, 0.2) is 18.2 Å². The lowest BCUT2D eigenvalue weighted by molar-refractivity contribution is -0.254. The third kappa shape index (κ3) is 2.40. The highest BCUT2D eigenvalue weighted by Gasteiger charge is 2.09. The summed E-state index contributed by atoms with van der Waals surface area (Å²) in [5, 5.41) is 10.9. The summed E-state index contributed by atoms with van der Waals surface area (Å²) in [6.45, 7) is 5.40. The van der Waals surface area contributed by atoms with E-state index in [1.807, 2.05) is 18.7 Å². The molecule has 82 valence electrons. The minimum atomic E-state index is -1.17. The highest BCUT2D eigenvalue weighted by molar-refractivity contribution is 5.93. The van der Waals surface area contributed by atoms with Crippen LogP contribution in [0, 0.1) is 0 Å². The Bertz CT molecular complexity index is 360. The molecule has 0 aliphatic rings. The van der Waals surface area contributed by atoms with Crippen LogP contribution in [0.25, 0.3) is 0 Å². The van der Waals surface area contributed by atoms with Gasteiger partial charge >= 0.3 is 0 Å². The third-order valence-electron chi connectivity index (χ3n) is 2.35. The van der Waals surface area contributed by atoms with Crippen LogP contribution in [0.2, 0.25) is 0 Å². The molecule has 4 nitrogen and oxygen atoms in total. The molecule has 0 fully saturated rings. The van der Waals surface area contributed by atoms with Gasteiger partial charge in [0, 0.05) is 30.0 Å². The summed E-state index contributed by atoms with van der Waals surface area (Å²) in [4.78, 5) is 12.8. The van der Waals surface area contributed by atoms with Gasteiger partial charge in [0.2, 0.25) is 0 Å². The van der Waals surface area contributed by atoms with Crippen LogP contribution >= 0.6 is 0 Å². The zero-order valence-electron chi connectivity index (χ0n) is 8.99. The van der Waals surface area contributed by atoms with Gasteiger partial charge < -0.3 is 20.5 Å². The second kappa shape index (κ2) is 4.68. The lowest BCUT2D eigenvalue weighted by atomic mass is 10.1. The van der Waals surface area contributed by atoms with Crippen LogP contribution in [0.4, 0.5) is 11.4 Å². The zero-order valence-corrected chi connectivity index (χ0v) is 8.99. The summed E-state index contributed by atoms with van der Waals surface area (Å²) >= 11 is 0. The lowest BCUT2D eigenvalue weighted by Crippen LogP contribution is -2.29. The molecule has 1 aromatic carbocycles. The number of nitrogen functional groups attached to an aromatic ring is 1. The molecule has 0 atom stereocenters. The fraction of sp³-hybridized carbons (Fsp3) is 0.364. The van der Waals surface area contributed by atoms with Gasteiger partial charge in [-0.05, 0) is 32.0 Å². The first kappa shape index (κ1) is 11.4. The number of nitrogens with two attached hydrogens (primary N) is 1. The van der Waals surface area contributed by atoms with Crippen molar-refractivity contribution in [3.8, 4) is 0 Å². The van der Waals surface area contributed by atoms with Crippen LogP contribution in [0.1, 0.15) is 24.2 Å². The van der Waals surface area contributed by atoms with E-state index >= 15 is 0 Å². The maximum atomic E-state index is 10.9. The number of carbonyl (C=O) groups excluding carboxylic acids is 1. The number of carboxylic acids is 1. The number of hydrogen-bond acceptors (Lipinski definition) is 4. The van der Waals surface area contributed by atoms with Crippen molar-refractivity contribution in [2.24, 2.45) is 0 Å². The van der Waals surface area contributed by atoms with Gasteiger partial charge in [-0.15, -0.1) is 0 Å². The number of aromatic carboxylic acids is 1. The molecule has 0 saturated heterocycles. The molecule has 4 heteroatoms. The maximum Gasteiger partial charge on any atom is 0.0736 e. The van der Waals surface area contributed by atoms with E-state index in [1.54, 1.807) is 12.1 Å². The molecule has 2 N–H and O–H groups in total. The van der Waals surface area contributed by atoms with Gasteiger partial charge in [0.1, 0.15) is 0 Å². The smallest absolute Gasteiger partial charge is 0.0736 e. The molecule has 0 aromatic heterocycles. The molecule has 15 heavy (non-hydrogen) atoms. The van der Waals surface area contributed by atoms with E-state index in [4.69, 9.17) is 5.73 Å². The van der Waals surface area contributed by atoms with E-state index in [9.17, 15) is 9.90 Å². The highest BCUT2D eigenvalue weighted by atomic mass is 16.4. The van der Waals surface area contributed by atoms with E-state index < -0.39 is 5.97 Å². The van der Waals surface area contributed by atoms with E-state index in [0.29, 0.717) is 11.4 Å². The quantitative estimate of drug-likeness (QED) is 0.729. The fourth-order valence-corrected chi connectivity index (χ4v) is 1.55. The SMILES string of the molecule is CCN(CC)c1cc(N)ccc1C(=O)[O-]. The van der Waals surface area contributed by atoms with Gasteiger partial charge in [0.15, 0.2) is 0 Å². The number of carboxylic acid groups (broad SMARTS) is 1. The fourth-order valence-electron chi connectivity index (χ4n) is 1.55.